The number of morpholine rings is 1. The van der Waals surface area contributed by atoms with Gasteiger partial charge in [0, 0.05) is 37.3 Å². The number of amides is 1. The van der Waals surface area contributed by atoms with Crippen molar-refractivity contribution >= 4 is 5.91 Å². The van der Waals surface area contributed by atoms with E-state index < -0.39 is 0 Å². The molecule has 2 N–H and O–H groups in total. The minimum atomic E-state index is 0.0266. The van der Waals surface area contributed by atoms with Crippen molar-refractivity contribution in [1.82, 2.24) is 15.5 Å². The summed E-state index contributed by atoms with van der Waals surface area (Å²) in [5, 5.41) is 6.67. The zero-order chi connectivity index (χ0) is 16.8. The molecule has 2 aliphatic heterocycles. The first kappa shape index (κ1) is 17.4. The Kier molecular flexibility index (Phi) is 6.24. The van der Waals surface area contributed by atoms with E-state index in [1.165, 1.54) is 18.4 Å². The van der Waals surface area contributed by atoms with E-state index in [1.807, 2.05) is 18.2 Å². The average molecular weight is 331 g/mol. The van der Waals surface area contributed by atoms with E-state index in [1.54, 1.807) is 0 Å². The SMILES string of the molecule is C[C@@H](NC(=O)c1cccc(CN2CCOCC2)c1)[C@H]1CCCCN1. The molecule has 2 saturated heterocycles. The van der Waals surface area contributed by atoms with Crippen molar-refractivity contribution in [2.24, 2.45) is 0 Å². The highest BCUT2D eigenvalue weighted by Gasteiger charge is 2.21. The van der Waals surface area contributed by atoms with Crippen molar-refractivity contribution in [2.75, 3.05) is 32.8 Å². The normalized spacial score (nSPS) is 23.6. The van der Waals surface area contributed by atoms with Gasteiger partial charge in [0.1, 0.15) is 0 Å². The second-order valence-electron chi connectivity index (χ2n) is 6.91. The van der Waals surface area contributed by atoms with Crippen LogP contribution in [0.15, 0.2) is 24.3 Å². The van der Waals surface area contributed by atoms with E-state index in [9.17, 15) is 4.79 Å². The van der Waals surface area contributed by atoms with Crippen LogP contribution in [-0.4, -0.2) is 55.7 Å². The van der Waals surface area contributed by atoms with E-state index in [0.717, 1.165) is 51.4 Å². The van der Waals surface area contributed by atoms with Crippen LogP contribution in [0, 0.1) is 0 Å². The molecule has 2 atom stereocenters. The van der Waals surface area contributed by atoms with Crippen molar-refractivity contribution in [2.45, 2.75) is 44.8 Å². The van der Waals surface area contributed by atoms with Crippen LogP contribution < -0.4 is 10.6 Å². The quantitative estimate of drug-likeness (QED) is 0.864. The molecular formula is C19H29N3O2. The van der Waals surface area contributed by atoms with Gasteiger partial charge in [0.25, 0.3) is 5.91 Å². The van der Waals surface area contributed by atoms with E-state index in [2.05, 4.69) is 28.5 Å². The standard InChI is InChI=1S/C19H29N3O2/c1-15(18-7-2-3-8-20-18)21-19(23)17-6-4-5-16(13-17)14-22-9-11-24-12-10-22/h4-6,13,15,18,20H,2-3,7-12,14H2,1H3,(H,21,23)/t15-,18-/m1/s1. The maximum absolute atomic E-state index is 12.6. The van der Waals surface area contributed by atoms with Gasteiger partial charge in [0.2, 0.25) is 0 Å². The molecule has 0 unspecified atom stereocenters. The Balaban J connectivity index is 1.56. The Bertz CT molecular complexity index is 537. The molecule has 1 aromatic rings. The number of piperidine rings is 1. The Hall–Kier alpha value is -1.43. The fourth-order valence-corrected chi connectivity index (χ4v) is 3.52. The molecule has 1 amide bonds. The highest BCUT2D eigenvalue weighted by Crippen LogP contribution is 2.13. The van der Waals surface area contributed by atoms with Gasteiger partial charge in [-0.25, -0.2) is 0 Å². The fourth-order valence-electron chi connectivity index (χ4n) is 3.52. The van der Waals surface area contributed by atoms with Crippen molar-refractivity contribution in [3.05, 3.63) is 35.4 Å². The van der Waals surface area contributed by atoms with Crippen LogP contribution in [0.3, 0.4) is 0 Å². The molecule has 132 valence electrons. The second-order valence-corrected chi connectivity index (χ2v) is 6.91. The number of carbonyl (C=O) groups is 1. The predicted octanol–water partition coefficient (Wildman–Crippen LogP) is 1.78. The van der Waals surface area contributed by atoms with Crippen LogP contribution in [0.25, 0.3) is 0 Å². The van der Waals surface area contributed by atoms with Crippen LogP contribution >= 0.6 is 0 Å². The van der Waals surface area contributed by atoms with Crippen molar-refractivity contribution in [3.63, 3.8) is 0 Å². The van der Waals surface area contributed by atoms with E-state index in [-0.39, 0.29) is 11.9 Å². The topological polar surface area (TPSA) is 53.6 Å². The van der Waals surface area contributed by atoms with Gasteiger partial charge in [-0.2, -0.15) is 0 Å². The number of hydrogen-bond acceptors (Lipinski definition) is 4. The summed E-state index contributed by atoms with van der Waals surface area (Å²) in [7, 11) is 0. The summed E-state index contributed by atoms with van der Waals surface area (Å²) in [4.78, 5) is 14.9. The lowest BCUT2D eigenvalue weighted by Gasteiger charge is -2.29. The van der Waals surface area contributed by atoms with E-state index in [0.29, 0.717) is 6.04 Å². The van der Waals surface area contributed by atoms with Gasteiger partial charge in [-0.05, 0) is 44.0 Å². The van der Waals surface area contributed by atoms with E-state index in [4.69, 9.17) is 4.74 Å². The number of nitrogens with zero attached hydrogens (tertiary/aromatic N) is 1. The van der Waals surface area contributed by atoms with Crippen LogP contribution in [-0.2, 0) is 11.3 Å². The summed E-state index contributed by atoms with van der Waals surface area (Å²) in [5.74, 6) is 0.0266. The maximum atomic E-state index is 12.6. The van der Waals surface area contributed by atoms with Gasteiger partial charge in [-0.3, -0.25) is 9.69 Å². The summed E-state index contributed by atoms with van der Waals surface area (Å²) < 4.78 is 5.39. The molecule has 5 heteroatoms. The third-order valence-electron chi connectivity index (χ3n) is 5.01. The van der Waals surface area contributed by atoms with Crippen molar-refractivity contribution in [1.29, 1.82) is 0 Å². The number of ether oxygens (including phenoxy) is 1. The van der Waals surface area contributed by atoms with Crippen molar-refractivity contribution < 1.29 is 9.53 Å². The Morgan fingerprint density at radius 3 is 2.96 bits per heavy atom. The zero-order valence-electron chi connectivity index (χ0n) is 14.6. The second kappa shape index (κ2) is 8.60. The molecule has 0 bridgehead atoms. The molecule has 1 aromatic carbocycles. The van der Waals surface area contributed by atoms with Crippen LogP contribution in [0.2, 0.25) is 0 Å². The number of hydrogen-bond donors (Lipinski definition) is 2. The van der Waals surface area contributed by atoms with Crippen LogP contribution in [0.4, 0.5) is 0 Å². The first-order valence-corrected chi connectivity index (χ1v) is 9.15. The number of rotatable bonds is 5. The first-order valence-electron chi connectivity index (χ1n) is 9.15. The molecule has 0 radical (unpaired) electrons. The molecule has 0 aliphatic carbocycles. The summed E-state index contributed by atoms with van der Waals surface area (Å²) in [6, 6.07) is 8.54. The smallest absolute Gasteiger partial charge is 0.251 e. The summed E-state index contributed by atoms with van der Waals surface area (Å²) in [6.45, 7) is 7.54. The number of benzene rings is 1. The van der Waals surface area contributed by atoms with Gasteiger partial charge in [-0.1, -0.05) is 18.6 Å². The molecule has 0 aromatic heterocycles. The minimum absolute atomic E-state index is 0.0266. The monoisotopic (exact) mass is 331 g/mol. The molecule has 2 aliphatic rings. The summed E-state index contributed by atoms with van der Waals surface area (Å²) >= 11 is 0. The third-order valence-corrected chi connectivity index (χ3v) is 5.01. The molecule has 5 nitrogen and oxygen atoms in total. The lowest BCUT2D eigenvalue weighted by molar-refractivity contribution is 0.0342. The highest BCUT2D eigenvalue weighted by atomic mass is 16.5. The molecule has 24 heavy (non-hydrogen) atoms. The Labute approximate surface area is 144 Å². The van der Waals surface area contributed by atoms with Gasteiger partial charge < -0.3 is 15.4 Å². The largest absolute Gasteiger partial charge is 0.379 e. The third kappa shape index (κ3) is 4.79. The summed E-state index contributed by atoms with van der Waals surface area (Å²) in [6.07, 6.45) is 3.62. The summed E-state index contributed by atoms with van der Waals surface area (Å²) in [5.41, 5.74) is 1.94. The van der Waals surface area contributed by atoms with E-state index >= 15 is 0 Å². The van der Waals surface area contributed by atoms with Crippen LogP contribution in [0.1, 0.15) is 42.1 Å². The highest BCUT2D eigenvalue weighted by molar-refractivity contribution is 5.94. The number of nitrogens with one attached hydrogen (secondary N) is 2. The van der Waals surface area contributed by atoms with Gasteiger partial charge in [0.05, 0.1) is 13.2 Å². The molecule has 0 spiro atoms. The van der Waals surface area contributed by atoms with Gasteiger partial charge >= 0.3 is 0 Å². The average Bonchev–Trinajstić information content (AvgIpc) is 2.63. The number of carbonyl (C=O) groups excluding carboxylic acids is 1. The van der Waals surface area contributed by atoms with Gasteiger partial charge in [-0.15, -0.1) is 0 Å². The predicted molar refractivity (Wildman–Crippen MR) is 95.1 cm³/mol. The molecule has 3 rings (SSSR count). The molecule has 2 fully saturated rings. The zero-order valence-corrected chi connectivity index (χ0v) is 14.6. The lowest BCUT2D eigenvalue weighted by atomic mass is 9.98. The first-order chi connectivity index (χ1) is 11.7. The van der Waals surface area contributed by atoms with Crippen molar-refractivity contribution in [3.8, 4) is 0 Å². The molecule has 2 heterocycles. The molecular weight excluding hydrogens is 302 g/mol. The fraction of sp³-hybridized carbons (Fsp3) is 0.632. The Morgan fingerprint density at radius 2 is 2.21 bits per heavy atom. The minimum Gasteiger partial charge on any atom is -0.379 e. The maximum Gasteiger partial charge on any atom is 0.251 e. The molecule has 0 saturated carbocycles. The Morgan fingerprint density at radius 1 is 1.38 bits per heavy atom. The van der Waals surface area contributed by atoms with Gasteiger partial charge in [0.15, 0.2) is 0 Å². The van der Waals surface area contributed by atoms with Crippen LogP contribution in [0.5, 0.6) is 0 Å². The lowest BCUT2D eigenvalue weighted by Crippen LogP contribution is -2.50.